The number of rotatable bonds is 8. The van der Waals surface area contributed by atoms with Crippen molar-refractivity contribution < 1.29 is 33.3 Å². The quantitative estimate of drug-likeness (QED) is 0.164. The third-order valence-electron chi connectivity index (χ3n) is 12.0. The number of amides is 3. The summed E-state index contributed by atoms with van der Waals surface area (Å²) in [6, 6.07) is 9.60. The first-order valence-corrected chi connectivity index (χ1v) is 20.5. The van der Waals surface area contributed by atoms with Gasteiger partial charge in [0.1, 0.15) is 35.6 Å². The van der Waals surface area contributed by atoms with Crippen LogP contribution in [0.1, 0.15) is 101 Å². The number of benzene rings is 2. The summed E-state index contributed by atoms with van der Waals surface area (Å²) in [4.78, 5) is 60.1. The molecule has 3 N–H and O–H groups in total. The second kappa shape index (κ2) is 15.4. The summed E-state index contributed by atoms with van der Waals surface area (Å²) >= 11 is 0. The number of carbonyl (C=O) groups is 3. The van der Waals surface area contributed by atoms with E-state index in [2.05, 4.69) is 52.5 Å². The SMILES string of the molecule is COCC1CC(c2ncc(-c3ccc4c(c3)COc3cc5c(cc3-4)CCc3[nH]c(C4CCC(C)N4C(=O)C(NC(=O)OC)C(C)C)nc3-5)[nH]2)N(C(=O)OC(C)(C)C)C1. The number of fused-ring (bicyclic) bond motifs is 6. The Bertz CT molecular complexity index is 2220. The van der Waals surface area contributed by atoms with Crippen LogP contribution in [0.5, 0.6) is 5.75 Å². The minimum absolute atomic E-state index is 0.000371. The first-order chi connectivity index (χ1) is 27.7. The van der Waals surface area contributed by atoms with Gasteiger partial charge >= 0.3 is 12.2 Å². The van der Waals surface area contributed by atoms with Gasteiger partial charge < -0.3 is 39.1 Å². The summed E-state index contributed by atoms with van der Waals surface area (Å²) in [5.41, 5.74) is 8.73. The number of aromatic amines is 2. The van der Waals surface area contributed by atoms with Gasteiger partial charge in [-0.25, -0.2) is 19.6 Å². The van der Waals surface area contributed by atoms with Crippen LogP contribution in [0.2, 0.25) is 0 Å². The van der Waals surface area contributed by atoms with Crippen molar-refractivity contribution in [3.63, 3.8) is 0 Å². The molecule has 0 spiro atoms. The number of aryl methyl sites for hydroxylation is 2. The first-order valence-electron chi connectivity index (χ1n) is 20.5. The minimum atomic E-state index is -0.705. The summed E-state index contributed by atoms with van der Waals surface area (Å²) < 4.78 is 22.5. The van der Waals surface area contributed by atoms with Crippen molar-refractivity contribution in [2.45, 2.75) is 110 Å². The molecule has 5 atom stereocenters. The van der Waals surface area contributed by atoms with E-state index >= 15 is 0 Å². The van der Waals surface area contributed by atoms with Gasteiger partial charge in [0, 0.05) is 42.4 Å². The van der Waals surface area contributed by atoms with Gasteiger partial charge in [-0.3, -0.25) is 9.69 Å². The van der Waals surface area contributed by atoms with Crippen molar-refractivity contribution in [1.82, 2.24) is 35.1 Å². The summed E-state index contributed by atoms with van der Waals surface area (Å²) in [5, 5.41) is 2.75. The lowest BCUT2D eigenvalue weighted by Crippen LogP contribution is -2.52. The number of hydrogen-bond donors (Lipinski definition) is 3. The standard InChI is InChI=1S/C44H55N7O7/c1-23(2)37(49-42(53)56-8)41(52)51-24(3)9-14-34(51)40-46-32-13-11-26-17-31-29-12-10-27(16-28(29)22-57-36(31)18-30(26)38(32)48-40)33-19-45-39(47-33)35-15-25(21-55-7)20-50(35)43(54)58-44(4,5)6/h10,12,16-19,23-25,34-35,37H,9,11,13-15,20-22H2,1-8H3,(H,45,47)(H,46,48)(H,49,53). The van der Waals surface area contributed by atoms with Crippen molar-refractivity contribution >= 4 is 18.1 Å². The van der Waals surface area contributed by atoms with Crippen molar-refractivity contribution in [2.24, 2.45) is 11.8 Å². The van der Waals surface area contributed by atoms with Crippen LogP contribution in [0.25, 0.3) is 33.6 Å². The minimum Gasteiger partial charge on any atom is -0.488 e. The van der Waals surface area contributed by atoms with Gasteiger partial charge in [0.05, 0.1) is 43.4 Å². The predicted molar refractivity (Wildman–Crippen MR) is 217 cm³/mol. The molecule has 3 aliphatic heterocycles. The molecule has 2 aromatic carbocycles. The monoisotopic (exact) mass is 793 g/mol. The average Bonchev–Trinajstić information content (AvgIpc) is 4.00. The number of H-pyrrole nitrogens is 2. The van der Waals surface area contributed by atoms with Crippen LogP contribution in [0.15, 0.2) is 36.5 Å². The first kappa shape index (κ1) is 39.5. The third-order valence-corrected chi connectivity index (χ3v) is 12.0. The molecular formula is C44H55N7O7. The van der Waals surface area contributed by atoms with Gasteiger partial charge in [-0.15, -0.1) is 0 Å². The van der Waals surface area contributed by atoms with Crippen LogP contribution in [0.3, 0.4) is 0 Å². The maximum Gasteiger partial charge on any atom is 0.410 e. The largest absolute Gasteiger partial charge is 0.488 e. The van der Waals surface area contributed by atoms with E-state index in [4.69, 9.17) is 28.9 Å². The Hall–Kier alpha value is -5.37. The Kier molecular flexibility index (Phi) is 10.5. The summed E-state index contributed by atoms with van der Waals surface area (Å²) in [6.45, 7) is 13.0. The summed E-state index contributed by atoms with van der Waals surface area (Å²) in [6.07, 6.45) is 4.86. The highest BCUT2D eigenvalue weighted by Crippen LogP contribution is 2.46. The van der Waals surface area contributed by atoms with Crippen molar-refractivity contribution in [3.8, 4) is 39.4 Å². The molecular weight excluding hydrogens is 739 g/mol. The second-order valence-corrected chi connectivity index (χ2v) is 17.5. The maximum atomic E-state index is 14.0. The van der Waals surface area contributed by atoms with E-state index in [1.54, 1.807) is 12.0 Å². The summed E-state index contributed by atoms with van der Waals surface area (Å²) in [7, 11) is 2.99. The number of aromatic nitrogens is 4. The molecule has 5 unspecified atom stereocenters. The maximum absolute atomic E-state index is 14.0. The van der Waals surface area contributed by atoms with Crippen molar-refractivity contribution in [2.75, 3.05) is 27.4 Å². The Morgan fingerprint density at radius 3 is 2.53 bits per heavy atom. The molecule has 0 radical (unpaired) electrons. The van der Waals surface area contributed by atoms with E-state index in [1.807, 2.05) is 45.7 Å². The number of nitrogens with one attached hydrogen (secondary N) is 3. The molecule has 2 saturated heterocycles. The number of ether oxygens (including phenoxy) is 4. The molecule has 4 aliphatic rings. The number of methoxy groups -OCH3 is 2. The molecule has 58 heavy (non-hydrogen) atoms. The van der Waals surface area contributed by atoms with Crippen LogP contribution in [-0.2, 0) is 38.5 Å². The topological polar surface area (TPSA) is 164 Å². The van der Waals surface area contributed by atoms with Gasteiger partial charge in [-0.1, -0.05) is 26.0 Å². The Labute approximate surface area is 339 Å². The van der Waals surface area contributed by atoms with Gasteiger partial charge in [0.15, 0.2) is 0 Å². The zero-order valence-electron chi connectivity index (χ0n) is 34.7. The zero-order valence-corrected chi connectivity index (χ0v) is 34.7. The molecule has 14 nitrogen and oxygen atoms in total. The number of alkyl carbamates (subject to hydrolysis) is 1. The molecule has 8 rings (SSSR count). The molecule has 308 valence electrons. The highest BCUT2D eigenvalue weighted by molar-refractivity contribution is 5.87. The number of likely N-dealkylation sites (tertiary alicyclic amines) is 2. The van der Waals surface area contributed by atoms with E-state index in [9.17, 15) is 14.4 Å². The van der Waals surface area contributed by atoms with Gasteiger partial charge in [-0.05, 0) is 106 Å². The molecule has 0 saturated carbocycles. The predicted octanol–water partition coefficient (Wildman–Crippen LogP) is 7.50. The highest BCUT2D eigenvalue weighted by atomic mass is 16.6. The van der Waals surface area contributed by atoms with Gasteiger partial charge in [0.2, 0.25) is 5.91 Å². The van der Waals surface area contributed by atoms with Crippen LogP contribution >= 0.6 is 0 Å². The van der Waals surface area contributed by atoms with E-state index in [0.717, 1.165) is 94.4 Å². The van der Waals surface area contributed by atoms with Crippen LogP contribution in [0.4, 0.5) is 9.59 Å². The molecule has 3 amide bonds. The van der Waals surface area contributed by atoms with E-state index < -0.39 is 17.7 Å². The second-order valence-electron chi connectivity index (χ2n) is 17.5. The Morgan fingerprint density at radius 1 is 0.983 bits per heavy atom. The lowest BCUT2D eigenvalue weighted by atomic mass is 9.86. The molecule has 2 fully saturated rings. The molecule has 2 aromatic heterocycles. The average molecular weight is 794 g/mol. The van der Waals surface area contributed by atoms with Crippen LogP contribution in [-0.4, -0.2) is 92.9 Å². The van der Waals surface area contributed by atoms with Crippen LogP contribution < -0.4 is 10.1 Å². The highest BCUT2D eigenvalue weighted by Gasteiger charge is 2.43. The fourth-order valence-electron chi connectivity index (χ4n) is 9.13. The molecule has 1 aliphatic carbocycles. The van der Waals surface area contributed by atoms with Crippen LogP contribution in [0, 0.1) is 11.8 Å². The van der Waals surface area contributed by atoms with E-state index in [-0.39, 0.29) is 42.0 Å². The normalized spacial score (nSPS) is 21.5. The molecule has 14 heteroatoms. The molecule has 5 heterocycles. The number of hydrogen-bond acceptors (Lipinski definition) is 9. The molecule has 0 bridgehead atoms. The lowest BCUT2D eigenvalue weighted by Gasteiger charge is -2.32. The third kappa shape index (κ3) is 7.42. The van der Waals surface area contributed by atoms with Gasteiger partial charge in [-0.2, -0.15) is 0 Å². The smallest absolute Gasteiger partial charge is 0.410 e. The van der Waals surface area contributed by atoms with Crippen molar-refractivity contribution in [3.05, 3.63) is 65.0 Å². The Balaban J connectivity index is 1.03. The van der Waals surface area contributed by atoms with E-state index in [1.165, 1.54) is 12.7 Å². The number of nitrogens with zero attached hydrogens (tertiary/aromatic N) is 4. The fourth-order valence-corrected chi connectivity index (χ4v) is 9.13. The summed E-state index contributed by atoms with van der Waals surface area (Å²) in [5.74, 6) is 2.25. The lowest BCUT2D eigenvalue weighted by molar-refractivity contribution is -0.137. The van der Waals surface area contributed by atoms with E-state index in [0.29, 0.717) is 19.8 Å². The Morgan fingerprint density at radius 2 is 1.79 bits per heavy atom. The number of imidazole rings is 2. The molecule has 4 aromatic rings. The fraction of sp³-hybridized carbons (Fsp3) is 0.523. The van der Waals surface area contributed by atoms with Gasteiger partial charge in [0.25, 0.3) is 0 Å². The zero-order chi connectivity index (χ0) is 41.0. The van der Waals surface area contributed by atoms with Crippen molar-refractivity contribution in [1.29, 1.82) is 0 Å². The number of carbonyl (C=O) groups excluding carboxylic acids is 3.